The number of carbonyl (C=O) groups is 1. The van der Waals surface area contributed by atoms with Gasteiger partial charge in [-0.25, -0.2) is 4.79 Å². The van der Waals surface area contributed by atoms with E-state index in [1.807, 2.05) is 0 Å². The minimum atomic E-state index is -0.625. The van der Waals surface area contributed by atoms with Gasteiger partial charge in [-0.05, 0) is 50.3 Å². The lowest BCUT2D eigenvalue weighted by Gasteiger charge is -2.22. The molecule has 1 amide bonds. The number of phenols is 1. The molecule has 0 fully saturated rings. The summed E-state index contributed by atoms with van der Waals surface area (Å²) in [7, 11) is 0. The zero-order valence-electron chi connectivity index (χ0n) is 13.8. The van der Waals surface area contributed by atoms with Gasteiger partial charge in [-0.3, -0.25) is 0 Å². The molecule has 0 aliphatic heterocycles. The third-order valence-electron chi connectivity index (χ3n) is 2.90. The first-order valence-electron chi connectivity index (χ1n) is 7.44. The molecule has 9 nitrogen and oxygen atoms in total. The molecule has 9 heteroatoms. The number of carbonyl (C=O) groups excluding carboxylic acids is 1. The number of tetrazole rings is 1. The van der Waals surface area contributed by atoms with Crippen molar-refractivity contribution in [1.29, 1.82) is 0 Å². The molecule has 1 atom stereocenters. The van der Waals surface area contributed by atoms with Gasteiger partial charge in [0.1, 0.15) is 11.4 Å². The molecule has 0 spiro atoms. The predicted octanol–water partition coefficient (Wildman–Crippen LogP) is 0.931. The molecule has 0 saturated heterocycles. The first kappa shape index (κ1) is 17.7. The first-order chi connectivity index (χ1) is 11.3. The molecule has 0 saturated carbocycles. The van der Waals surface area contributed by atoms with Crippen LogP contribution < -0.4 is 5.32 Å². The molecule has 0 radical (unpaired) electrons. The monoisotopic (exact) mass is 335 g/mol. The lowest BCUT2D eigenvalue weighted by Crippen LogP contribution is -2.43. The SMILES string of the molecule is CC(C)(C)OC(=O)NC(CO)Cn1nnc(-c2ccc(O)cc2)n1. The van der Waals surface area contributed by atoms with E-state index in [1.165, 1.54) is 16.9 Å². The minimum absolute atomic E-state index is 0.140. The van der Waals surface area contributed by atoms with E-state index in [0.717, 1.165) is 0 Å². The van der Waals surface area contributed by atoms with Crippen molar-refractivity contribution in [2.75, 3.05) is 6.61 Å². The van der Waals surface area contributed by atoms with Gasteiger partial charge < -0.3 is 20.3 Å². The molecule has 1 aromatic carbocycles. The number of aliphatic hydroxyl groups is 1. The summed E-state index contributed by atoms with van der Waals surface area (Å²) in [6, 6.07) is 5.77. The minimum Gasteiger partial charge on any atom is -0.508 e. The van der Waals surface area contributed by atoms with E-state index in [-0.39, 0.29) is 18.9 Å². The van der Waals surface area contributed by atoms with Crippen LogP contribution >= 0.6 is 0 Å². The molecule has 3 N–H and O–H groups in total. The summed E-state index contributed by atoms with van der Waals surface area (Å²) in [4.78, 5) is 13.0. The number of hydrogen-bond acceptors (Lipinski definition) is 7. The Morgan fingerprint density at radius 1 is 1.33 bits per heavy atom. The Balaban J connectivity index is 1.99. The highest BCUT2D eigenvalue weighted by molar-refractivity contribution is 5.68. The van der Waals surface area contributed by atoms with Crippen LogP contribution in [-0.4, -0.2) is 54.8 Å². The maximum atomic E-state index is 11.7. The Morgan fingerprint density at radius 2 is 2.00 bits per heavy atom. The summed E-state index contributed by atoms with van der Waals surface area (Å²) in [6.45, 7) is 5.10. The summed E-state index contributed by atoms with van der Waals surface area (Å²) in [5, 5.41) is 33.2. The van der Waals surface area contributed by atoms with Crippen molar-refractivity contribution in [2.45, 2.75) is 39.0 Å². The standard InChI is InChI=1S/C15H21N5O4/c1-15(2,3)24-14(23)16-11(9-21)8-20-18-13(17-19-20)10-4-6-12(22)7-5-10/h4-7,11,21-22H,8-9H2,1-3H3,(H,16,23). The van der Waals surface area contributed by atoms with Gasteiger partial charge in [0, 0.05) is 5.56 Å². The topological polar surface area (TPSA) is 122 Å². The van der Waals surface area contributed by atoms with E-state index in [2.05, 4.69) is 20.7 Å². The normalized spacial score (nSPS) is 12.7. The molecular formula is C15H21N5O4. The van der Waals surface area contributed by atoms with Crippen LogP contribution in [0.15, 0.2) is 24.3 Å². The molecule has 130 valence electrons. The van der Waals surface area contributed by atoms with E-state index < -0.39 is 17.7 Å². The number of nitrogens with one attached hydrogen (secondary N) is 1. The molecule has 0 aliphatic carbocycles. The molecule has 1 unspecified atom stereocenters. The van der Waals surface area contributed by atoms with E-state index in [1.54, 1.807) is 32.9 Å². The van der Waals surface area contributed by atoms with Crippen LogP contribution in [0.2, 0.25) is 0 Å². The number of alkyl carbamates (subject to hydrolysis) is 1. The Kier molecular flexibility index (Phi) is 5.35. The number of benzene rings is 1. The van der Waals surface area contributed by atoms with Crippen LogP contribution in [0.3, 0.4) is 0 Å². The Morgan fingerprint density at radius 3 is 2.58 bits per heavy atom. The highest BCUT2D eigenvalue weighted by Gasteiger charge is 2.20. The van der Waals surface area contributed by atoms with E-state index in [4.69, 9.17) is 4.74 Å². The van der Waals surface area contributed by atoms with Gasteiger partial charge >= 0.3 is 6.09 Å². The van der Waals surface area contributed by atoms with Crippen LogP contribution in [0.1, 0.15) is 20.8 Å². The fraction of sp³-hybridized carbons (Fsp3) is 0.467. The van der Waals surface area contributed by atoms with Crippen LogP contribution in [0.4, 0.5) is 4.79 Å². The maximum absolute atomic E-state index is 11.7. The molecule has 1 aromatic heterocycles. The second-order valence-electron chi connectivity index (χ2n) is 6.24. The van der Waals surface area contributed by atoms with Crippen molar-refractivity contribution in [3.05, 3.63) is 24.3 Å². The first-order valence-corrected chi connectivity index (χ1v) is 7.44. The van der Waals surface area contributed by atoms with Crippen molar-refractivity contribution in [3.8, 4) is 17.1 Å². The predicted molar refractivity (Wildman–Crippen MR) is 85.2 cm³/mol. The van der Waals surface area contributed by atoms with Crippen LogP contribution in [0.25, 0.3) is 11.4 Å². The summed E-state index contributed by atoms with van der Waals surface area (Å²) in [6.07, 6.45) is -0.625. The fourth-order valence-corrected chi connectivity index (χ4v) is 1.87. The second kappa shape index (κ2) is 7.26. The van der Waals surface area contributed by atoms with E-state index in [0.29, 0.717) is 11.4 Å². The smallest absolute Gasteiger partial charge is 0.408 e. The number of amides is 1. The summed E-state index contributed by atoms with van der Waals surface area (Å²) in [5.74, 6) is 0.525. The summed E-state index contributed by atoms with van der Waals surface area (Å²) < 4.78 is 5.14. The number of hydrogen-bond donors (Lipinski definition) is 3. The van der Waals surface area contributed by atoms with Gasteiger partial charge in [0.2, 0.25) is 5.82 Å². The maximum Gasteiger partial charge on any atom is 0.408 e. The Hall–Kier alpha value is -2.68. The van der Waals surface area contributed by atoms with Crippen molar-refractivity contribution in [3.63, 3.8) is 0 Å². The number of ether oxygens (including phenoxy) is 1. The Bertz CT molecular complexity index is 678. The molecule has 0 bridgehead atoms. The number of nitrogens with zero attached hydrogens (tertiary/aromatic N) is 4. The van der Waals surface area contributed by atoms with Crippen LogP contribution in [0.5, 0.6) is 5.75 Å². The van der Waals surface area contributed by atoms with E-state index in [9.17, 15) is 15.0 Å². The third kappa shape index (κ3) is 5.20. The lowest BCUT2D eigenvalue weighted by atomic mass is 10.2. The molecule has 0 aliphatic rings. The van der Waals surface area contributed by atoms with Crippen molar-refractivity contribution in [1.82, 2.24) is 25.5 Å². The van der Waals surface area contributed by atoms with Crippen molar-refractivity contribution in [2.24, 2.45) is 0 Å². The zero-order valence-corrected chi connectivity index (χ0v) is 13.8. The summed E-state index contributed by atoms with van der Waals surface area (Å²) >= 11 is 0. The molecule has 1 heterocycles. The number of aromatic nitrogens is 4. The van der Waals surface area contributed by atoms with Gasteiger partial charge in [-0.15, -0.1) is 10.2 Å². The second-order valence-corrected chi connectivity index (χ2v) is 6.24. The van der Waals surface area contributed by atoms with Gasteiger partial charge in [0.15, 0.2) is 0 Å². The highest BCUT2D eigenvalue weighted by atomic mass is 16.6. The molecule has 2 aromatic rings. The highest BCUT2D eigenvalue weighted by Crippen LogP contribution is 2.17. The van der Waals surface area contributed by atoms with Crippen molar-refractivity contribution >= 4 is 6.09 Å². The van der Waals surface area contributed by atoms with Gasteiger partial charge in [0.05, 0.1) is 19.2 Å². The molecule has 2 rings (SSSR count). The Labute approximate surface area is 139 Å². The fourth-order valence-electron chi connectivity index (χ4n) is 1.87. The lowest BCUT2D eigenvalue weighted by molar-refractivity contribution is 0.0472. The number of aromatic hydroxyl groups is 1. The number of aliphatic hydroxyl groups excluding tert-OH is 1. The average Bonchev–Trinajstić information content (AvgIpc) is 2.94. The average molecular weight is 335 g/mol. The van der Waals surface area contributed by atoms with E-state index >= 15 is 0 Å². The zero-order chi connectivity index (χ0) is 17.7. The number of rotatable bonds is 5. The largest absolute Gasteiger partial charge is 0.508 e. The van der Waals surface area contributed by atoms with Crippen LogP contribution in [-0.2, 0) is 11.3 Å². The number of phenolic OH excluding ortho intramolecular Hbond substituents is 1. The summed E-state index contributed by atoms with van der Waals surface area (Å²) in [5.41, 5.74) is 0.0708. The van der Waals surface area contributed by atoms with Gasteiger partial charge in [-0.1, -0.05) is 0 Å². The quantitative estimate of drug-likeness (QED) is 0.743. The molecular weight excluding hydrogens is 314 g/mol. The van der Waals surface area contributed by atoms with Gasteiger partial charge in [0.25, 0.3) is 0 Å². The third-order valence-corrected chi connectivity index (χ3v) is 2.90. The molecule has 24 heavy (non-hydrogen) atoms. The van der Waals surface area contributed by atoms with Crippen molar-refractivity contribution < 1.29 is 19.7 Å². The van der Waals surface area contributed by atoms with Gasteiger partial charge in [-0.2, -0.15) is 4.80 Å². The van der Waals surface area contributed by atoms with Crippen LogP contribution in [0, 0.1) is 0 Å².